The number of nitrogens with zero attached hydrogens (tertiary/aromatic N) is 2. The fourth-order valence-corrected chi connectivity index (χ4v) is 12.1. The van der Waals surface area contributed by atoms with Crippen molar-refractivity contribution in [1.29, 1.82) is 0 Å². The topological polar surface area (TPSA) is 25.8 Å². The lowest BCUT2D eigenvalue weighted by molar-refractivity contribution is 0.245. The molecule has 0 saturated carbocycles. The molecule has 0 fully saturated rings. The Bertz CT molecular complexity index is 3730. The maximum absolute atomic E-state index is 5.67. The van der Waals surface area contributed by atoms with Crippen LogP contribution in [-0.2, 0) is 10.8 Å². The van der Waals surface area contributed by atoms with Crippen LogP contribution in [0.3, 0.4) is 0 Å². The molecule has 13 rings (SSSR count). The highest BCUT2D eigenvalue weighted by Gasteiger charge is 2.53. The summed E-state index contributed by atoms with van der Waals surface area (Å²) in [6.45, 7) is 12.0. The van der Waals surface area contributed by atoms with Gasteiger partial charge in [-0.05, 0) is 102 Å². The summed E-state index contributed by atoms with van der Waals surface area (Å²) in [6, 6.07) is 63.0. The highest BCUT2D eigenvalue weighted by atomic mass is 14.7. The molecular weight excluding hydrogens is 785 g/mol. The molecule has 2 atom stereocenters. The van der Waals surface area contributed by atoms with Crippen LogP contribution in [0.15, 0.2) is 194 Å². The van der Waals surface area contributed by atoms with Crippen molar-refractivity contribution in [2.75, 3.05) is 0 Å². The lowest BCUT2D eigenvalue weighted by Crippen LogP contribution is -2.36. The first kappa shape index (κ1) is 38.1. The summed E-state index contributed by atoms with van der Waals surface area (Å²) >= 11 is 0. The molecule has 0 spiro atoms. The summed E-state index contributed by atoms with van der Waals surface area (Å²) < 4.78 is 0. The van der Waals surface area contributed by atoms with Crippen molar-refractivity contribution in [3.05, 3.63) is 216 Å². The molecule has 0 aliphatic heterocycles. The third-order valence-corrected chi connectivity index (χ3v) is 16.0. The smallest absolute Gasteiger partial charge is 0.0794 e. The Hall–Kier alpha value is -7.42. The Labute approximate surface area is 380 Å². The van der Waals surface area contributed by atoms with E-state index < -0.39 is 0 Å². The van der Waals surface area contributed by atoms with Crippen molar-refractivity contribution >= 4 is 43.4 Å². The first-order valence-corrected chi connectivity index (χ1v) is 23.1. The number of aromatic nitrogens is 2. The Morgan fingerprint density at radius 3 is 1.88 bits per heavy atom. The van der Waals surface area contributed by atoms with Gasteiger partial charge in [-0.3, -0.25) is 0 Å². The molecule has 0 radical (unpaired) electrons. The van der Waals surface area contributed by atoms with Gasteiger partial charge < -0.3 is 0 Å². The quantitative estimate of drug-likeness (QED) is 0.165. The second kappa shape index (κ2) is 13.5. The summed E-state index contributed by atoms with van der Waals surface area (Å²) in [5.41, 5.74) is 19.1. The predicted molar refractivity (Wildman–Crippen MR) is 274 cm³/mol. The zero-order valence-corrected chi connectivity index (χ0v) is 37.4. The van der Waals surface area contributed by atoms with Gasteiger partial charge in [0, 0.05) is 49.4 Å². The van der Waals surface area contributed by atoms with Crippen molar-refractivity contribution in [2.24, 2.45) is 5.41 Å². The van der Waals surface area contributed by atoms with Gasteiger partial charge in [0.25, 0.3) is 0 Å². The Kier molecular flexibility index (Phi) is 7.94. The van der Waals surface area contributed by atoms with E-state index in [-0.39, 0.29) is 16.2 Å². The van der Waals surface area contributed by atoms with Gasteiger partial charge in [0.05, 0.1) is 22.4 Å². The molecular formula is C63H48N2. The van der Waals surface area contributed by atoms with E-state index in [1.54, 1.807) is 0 Å². The summed E-state index contributed by atoms with van der Waals surface area (Å²) in [5, 5.41) is 7.06. The molecule has 1 unspecified atom stereocenters. The number of allylic oxidation sites excluding steroid dienone is 4. The number of fused-ring (bicyclic) bond motifs is 12. The van der Waals surface area contributed by atoms with Crippen molar-refractivity contribution < 1.29 is 0 Å². The number of pyridine rings is 2. The number of benzene rings is 8. The molecule has 2 heterocycles. The number of hydrogen-bond acceptors (Lipinski definition) is 2. The van der Waals surface area contributed by atoms with Gasteiger partial charge in [-0.2, -0.15) is 0 Å². The molecule has 3 aliphatic carbocycles. The van der Waals surface area contributed by atoms with Crippen LogP contribution in [0.25, 0.3) is 99.2 Å². The SMILES string of the molecule is CC1(C)c2ccccc2-c2ccc(-c3cc4c(-c5ccc(-c6nc7ccccc7c7ccccc67)cc5)cc(-c5ccc6c(c5)C(C)(C)[C@]5(C)C=CC=CC65)nc4c4ccccc34)cc21. The average molecular weight is 833 g/mol. The van der Waals surface area contributed by atoms with Crippen LogP contribution in [0.5, 0.6) is 0 Å². The van der Waals surface area contributed by atoms with E-state index >= 15 is 0 Å². The zero-order valence-electron chi connectivity index (χ0n) is 37.4. The van der Waals surface area contributed by atoms with Gasteiger partial charge in [0.15, 0.2) is 0 Å². The minimum Gasteiger partial charge on any atom is -0.247 e. The van der Waals surface area contributed by atoms with Gasteiger partial charge in [0.1, 0.15) is 0 Å². The van der Waals surface area contributed by atoms with Crippen molar-refractivity contribution in [3.63, 3.8) is 0 Å². The molecule has 10 aromatic rings. The normalized spacial score (nSPS) is 18.6. The highest BCUT2D eigenvalue weighted by Crippen LogP contribution is 2.61. The summed E-state index contributed by atoms with van der Waals surface area (Å²) in [7, 11) is 0. The van der Waals surface area contributed by atoms with Crippen LogP contribution < -0.4 is 0 Å². The zero-order chi connectivity index (χ0) is 43.8. The Morgan fingerprint density at radius 2 is 1.05 bits per heavy atom. The molecule has 0 N–H and O–H groups in total. The van der Waals surface area contributed by atoms with Crippen LogP contribution in [0, 0.1) is 5.41 Å². The number of hydrogen-bond donors (Lipinski definition) is 0. The predicted octanol–water partition coefficient (Wildman–Crippen LogP) is 16.6. The van der Waals surface area contributed by atoms with E-state index in [0.717, 1.165) is 55.3 Å². The minimum atomic E-state index is -0.102. The first-order valence-electron chi connectivity index (χ1n) is 23.1. The third kappa shape index (κ3) is 5.34. The fourth-order valence-electron chi connectivity index (χ4n) is 12.1. The van der Waals surface area contributed by atoms with E-state index in [4.69, 9.17) is 9.97 Å². The molecule has 0 amide bonds. The third-order valence-electron chi connectivity index (χ3n) is 16.0. The van der Waals surface area contributed by atoms with E-state index in [1.165, 1.54) is 66.2 Å². The standard InChI is InChI=1S/C63H48N2/c1-61(2)53-22-12-10-18-44(53)45-31-29-40(34-55(45)61)50-36-52-51(38-25-27-39(28-26-38)59-47-20-8-6-16-42(47)46-19-11-13-24-57(46)64-59)37-58(65-60(52)48-21-9-7-17-43(48)50)41-30-32-49-54-23-14-15-33-63(54,5)62(3,4)56(49)35-41/h6-37,54H,1-5H3/t54?,63-/m1/s1. The molecule has 2 heteroatoms. The molecule has 310 valence electrons. The van der Waals surface area contributed by atoms with E-state index in [9.17, 15) is 0 Å². The molecule has 2 aromatic heterocycles. The van der Waals surface area contributed by atoms with Crippen molar-refractivity contribution in [1.82, 2.24) is 9.97 Å². The lowest BCUT2D eigenvalue weighted by Gasteiger charge is -2.41. The number of rotatable bonds is 4. The van der Waals surface area contributed by atoms with Crippen molar-refractivity contribution in [3.8, 4) is 55.9 Å². The van der Waals surface area contributed by atoms with E-state index in [0.29, 0.717) is 5.92 Å². The largest absolute Gasteiger partial charge is 0.247 e. The van der Waals surface area contributed by atoms with Gasteiger partial charge in [0.2, 0.25) is 0 Å². The molecule has 0 saturated heterocycles. The Balaban J connectivity index is 1.03. The van der Waals surface area contributed by atoms with Gasteiger partial charge in [-0.1, -0.05) is 198 Å². The molecule has 65 heavy (non-hydrogen) atoms. The molecule has 0 bridgehead atoms. The van der Waals surface area contributed by atoms with Crippen LogP contribution in [0.1, 0.15) is 62.8 Å². The minimum absolute atomic E-state index is 0.000186. The highest BCUT2D eigenvalue weighted by molar-refractivity contribution is 6.16. The van der Waals surface area contributed by atoms with Gasteiger partial charge in [-0.15, -0.1) is 0 Å². The summed E-state index contributed by atoms with van der Waals surface area (Å²) in [6.07, 6.45) is 9.26. The second-order valence-corrected chi connectivity index (χ2v) is 19.9. The van der Waals surface area contributed by atoms with Gasteiger partial charge >= 0.3 is 0 Å². The van der Waals surface area contributed by atoms with Crippen LogP contribution >= 0.6 is 0 Å². The molecule has 8 aromatic carbocycles. The fraction of sp³-hybridized carbons (Fsp3) is 0.143. The van der Waals surface area contributed by atoms with Crippen LogP contribution in [0.2, 0.25) is 0 Å². The first-order chi connectivity index (χ1) is 31.6. The van der Waals surface area contributed by atoms with E-state index in [1.807, 2.05) is 0 Å². The van der Waals surface area contributed by atoms with Gasteiger partial charge in [-0.25, -0.2) is 9.97 Å². The molecule has 2 nitrogen and oxygen atoms in total. The molecule has 3 aliphatic rings. The van der Waals surface area contributed by atoms with Crippen LogP contribution in [-0.4, -0.2) is 9.97 Å². The Morgan fingerprint density at radius 1 is 0.415 bits per heavy atom. The monoisotopic (exact) mass is 832 g/mol. The number of para-hydroxylation sites is 1. The maximum Gasteiger partial charge on any atom is 0.0794 e. The second-order valence-electron chi connectivity index (χ2n) is 19.9. The maximum atomic E-state index is 5.67. The van der Waals surface area contributed by atoms with Crippen molar-refractivity contribution in [2.45, 2.75) is 51.4 Å². The summed E-state index contributed by atoms with van der Waals surface area (Å²) in [5.74, 6) is 0.348. The average Bonchev–Trinajstić information content (AvgIpc) is 3.68. The lowest BCUT2D eigenvalue weighted by atomic mass is 9.62. The summed E-state index contributed by atoms with van der Waals surface area (Å²) in [4.78, 5) is 10.9. The van der Waals surface area contributed by atoms with Crippen LogP contribution in [0.4, 0.5) is 0 Å². The van der Waals surface area contributed by atoms with E-state index in [2.05, 4.69) is 229 Å².